The molecule has 0 saturated carbocycles. The van der Waals surface area contributed by atoms with Gasteiger partial charge in [-0.2, -0.15) is 0 Å². The molecule has 3 rings (SSSR count). The second-order valence-electron chi connectivity index (χ2n) is 6.61. The van der Waals surface area contributed by atoms with Crippen LogP contribution in [0.15, 0.2) is 60.7 Å². The number of rotatable bonds is 3. The molecule has 2 aromatic carbocycles. The Bertz CT molecular complexity index is 505. The quantitative estimate of drug-likeness (QED) is 0.789. The van der Waals surface area contributed by atoms with Crippen molar-refractivity contribution in [1.82, 2.24) is 4.90 Å². The standard InChI is InChI=1S/C19H23N/c1-19(2)13-14-20(15-19)18(16-9-5-3-6-10-16)17-11-7-4-8-12-17/h3-12,18H,13-15H2,1-2H3. The van der Waals surface area contributed by atoms with E-state index in [1.807, 2.05) is 0 Å². The normalized spacial score (nSPS) is 18.6. The van der Waals surface area contributed by atoms with E-state index < -0.39 is 0 Å². The van der Waals surface area contributed by atoms with Crippen LogP contribution in [0.4, 0.5) is 0 Å². The van der Waals surface area contributed by atoms with Crippen molar-refractivity contribution < 1.29 is 0 Å². The molecule has 1 saturated heterocycles. The minimum absolute atomic E-state index is 0.388. The third kappa shape index (κ3) is 2.78. The highest BCUT2D eigenvalue weighted by atomic mass is 15.2. The van der Waals surface area contributed by atoms with Crippen molar-refractivity contribution in [1.29, 1.82) is 0 Å². The van der Waals surface area contributed by atoms with Crippen molar-refractivity contribution in [3.63, 3.8) is 0 Å². The van der Waals surface area contributed by atoms with Crippen LogP contribution in [-0.4, -0.2) is 18.0 Å². The van der Waals surface area contributed by atoms with E-state index in [0.29, 0.717) is 11.5 Å². The van der Waals surface area contributed by atoms with Crippen LogP contribution in [0.25, 0.3) is 0 Å². The summed E-state index contributed by atoms with van der Waals surface area (Å²) in [5.74, 6) is 0. The van der Waals surface area contributed by atoms with E-state index in [1.54, 1.807) is 0 Å². The first-order chi connectivity index (χ1) is 9.66. The molecule has 104 valence electrons. The third-order valence-corrected chi connectivity index (χ3v) is 4.30. The molecule has 0 spiro atoms. The number of hydrogen-bond acceptors (Lipinski definition) is 1. The SMILES string of the molecule is CC1(C)CCN(C(c2ccccc2)c2ccccc2)C1. The average Bonchev–Trinajstić information content (AvgIpc) is 2.81. The fourth-order valence-electron chi connectivity index (χ4n) is 3.26. The first kappa shape index (κ1) is 13.4. The van der Waals surface area contributed by atoms with Crippen molar-refractivity contribution >= 4 is 0 Å². The molecule has 0 aliphatic carbocycles. The molecular formula is C19H23N. The maximum atomic E-state index is 2.63. The van der Waals surface area contributed by atoms with Gasteiger partial charge in [0.1, 0.15) is 0 Å². The molecule has 1 nitrogen and oxygen atoms in total. The summed E-state index contributed by atoms with van der Waals surface area (Å²) in [6, 6.07) is 22.2. The summed E-state index contributed by atoms with van der Waals surface area (Å²) in [4.78, 5) is 2.63. The molecule has 1 aliphatic rings. The molecule has 0 atom stereocenters. The van der Waals surface area contributed by atoms with Gasteiger partial charge in [0.15, 0.2) is 0 Å². The summed E-state index contributed by atoms with van der Waals surface area (Å²) in [5.41, 5.74) is 3.23. The summed E-state index contributed by atoms with van der Waals surface area (Å²) in [6.45, 7) is 7.10. The van der Waals surface area contributed by atoms with E-state index in [9.17, 15) is 0 Å². The predicted molar refractivity (Wildman–Crippen MR) is 84.7 cm³/mol. The Balaban J connectivity index is 1.97. The molecular weight excluding hydrogens is 242 g/mol. The summed E-state index contributed by atoms with van der Waals surface area (Å²) >= 11 is 0. The Morgan fingerprint density at radius 2 is 1.35 bits per heavy atom. The van der Waals surface area contributed by atoms with Crippen LogP contribution in [0.1, 0.15) is 37.4 Å². The number of hydrogen-bond donors (Lipinski definition) is 0. The Labute approximate surface area is 122 Å². The van der Waals surface area contributed by atoms with Gasteiger partial charge in [-0.05, 0) is 29.5 Å². The summed E-state index contributed by atoms with van der Waals surface area (Å²) in [6.07, 6.45) is 1.28. The van der Waals surface area contributed by atoms with Gasteiger partial charge in [0.05, 0.1) is 6.04 Å². The second-order valence-corrected chi connectivity index (χ2v) is 6.61. The molecule has 0 radical (unpaired) electrons. The summed E-state index contributed by atoms with van der Waals surface area (Å²) in [5, 5.41) is 0. The summed E-state index contributed by atoms with van der Waals surface area (Å²) in [7, 11) is 0. The van der Waals surface area contributed by atoms with Crippen molar-refractivity contribution in [2.75, 3.05) is 13.1 Å². The van der Waals surface area contributed by atoms with E-state index in [-0.39, 0.29) is 0 Å². The van der Waals surface area contributed by atoms with Crippen LogP contribution >= 0.6 is 0 Å². The van der Waals surface area contributed by atoms with Gasteiger partial charge < -0.3 is 0 Å². The van der Waals surface area contributed by atoms with E-state index in [0.717, 1.165) is 0 Å². The molecule has 20 heavy (non-hydrogen) atoms. The maximum Gasteiger partial charge on any atom is 0.0601 e. The molecule has 1 aliphatic heterocycles. The van der Waals surface area contributed by atoms with Gasteiger partial charge in [-0.3, -0.25) is 4.90 Å². The molecule has 0 bridgehead atoms. The number of benzene rings is 2. The van der Waals surface area contributed by atoms with E-state index in [2.05, 4.69) is 79.4 Å². The first-order valence-corrected chi connectivity index (χ1v) is 7.50. The van der Waals surface area contributed by atoms with Crippen LogP contribution in [0.2, 0.25) is 0 Å². The molecule has 1 heteroatoms. The lowest BCUT2D eigenvalue weighted by Crippen LogP contribution is -2.29. The van der Waals surface area contributed by atoms with Gasteiger partial charge in [0, 0.05) is 6.54 Å². The fraction of sp³-hybridized carbons (Fsp3) is 0.368. The van der Waals surface area contributed by atoms with Crippen molar-refractivity contribution in [2.24, 2.45) is 5.41 Å². The number of nitrogens with zero attached hydrogens (tertiary/aromatic N) is 1. The van der Waals surface area contributed by atoms with Crippen LogP contribution in [0, 0.1) is 5.41 Å². The molecule has 1 fully saturated rings. The number of likely N-dealkylation sites (tertiary alicyclic amines) is 1. The zero-order valence-corrected chi connectivity index (χ0v) is 12.4. The zero-order valence-electron chi connectivity index (χ0n) is 12.4. The highest BCUT2D eigenvalue weighted by molar-refractivity contribution is 5.32. The first-order valence-electron chi connectivity index (χ1n) is 7.50. The second kappa shape index (κ2) is 5.41. The predicted octanol–water partition coefficient (Wildman–Crippen LogP) is 4.51. The van der Waals surface area contributed by atoms with Gasteiger partial charge in [-0.15, -0.1) is 0 Å². The van der Waals surface area contributed by atoms with Crippen molar-refractivity contribution in [2.45, 2.75) is 26.3 Å². The van der Waals surface area contributed by atoms with Crippen molar-refractivity contribution in [3.8, 4) is 0 Å². The fourth-order valence-corrected chi connectivity index (χ4v) is 3.26. The minimum Gasteiger partial charge on any atom is -0.292 e. The lowest BCUT2D eigenvalue weighted by Gasteiger charge is -2.30. The highest BCUT2D eigenvalue weighted by Gasteiger charge is 2.34. The average molecular weight is 265 g/mol. The van der Waals surface area contributed by atoms with Gasteiger partial charge in [0.25, 0.3) is 0 Å². The van der Waals surface area contributed by atoms with Crippen LogP contribution < -0.4 is 0 Å². The zero-order chi connectivity index (χ0) is 14.0. The Morgan fingerprint density at radius 1 is 0.850 bits per heavy atom. The Morgan fingerprint density at radius 3 is 1.75 bits per heavy atom. The van der Waals surface area contributed by atoms with Crippen LogP contribution in [0.5, 0.6) is 0 Å². The van der Waals surface area contributed by atoms with Gasteiger partial charge in [0.2, 0.25) is 0 Å². The van der Waals surface area contributed by atoms with E-state index >= 15 is 0 Å². The smallest absolute Gasteiger partial charge is 0.0601 e. The van der Waals surface area contributed by atoms with Crippen LogP contribution in [-0.2, 0) is 0 Å². The van der Waals surface area contributed by atoms with E-state index in [4.69, 9.17) is 0 Å². The summed E-state index contributed by atoms with van der Waals surface area (Å²) < 4.78 is 0. The maximum absolute atomic E-state index is 2.63. The van der Waals surface area contributed by atoms with Gasteiger partial charge in [-0.1, -0.05) is 74.5 Å². The molecule has 0 unspecified atom stereocenters. The largest absolute Gasteiger partial charge is 0.292 e. The Kier molecular flexibility index (Phi) is 3.62. The topological polar surface area (TPSA) is 3.24 Å². The molecule has 0 amide bonds. The minimum atomic E-state index is 0.388. The lowest BCUT2D eigenvalue weighted by molar-refractivity contribution is 0.247. The third-order valence-electron chi connectivity index (χ3n) is 4.30. The Hall–Kier alpha value is -1.60. The van der Waals surface area contributed by atoms with Gasteiger partial charge >= 0.3 is 0 Å². The molecule has 0 aromatic heterocycles. The monoisotopic (exact) mass is 265 g/mol. The highest BCUT2D eigenvalue weighted by Crippen LogP contribution is 2.37. The van der Waals surface area contributed by atoms with Crippen LogP contribution in [0.3, 0.4) is 0 Å². The van der Waals surface area contributed by atoms with Gasteiger partial charge in [-0.25, -0.2) is 0 Å². The van der Waals surface area contributed by atoms with Crippen molar-refractivity contribution in [3.05, 3.63) is 71.8 Å². The molecule has 1 heterocycles. The molecule has 2 aromatic rings. The lowest BCUT2D eigenvalue weighted by atomic mass is 9.92. The van der Waals surface area contributed by atoms with E-state index in [1.165, 1.54) is 30.6 Å². The molecule has 0 N–H and O–H groups in total.